The normalized spacial score (nSPS) is 13.5. The largest absolute Gasteiger partial charge is 0.374 e. The summed E-state index contributed by atoms with van der Waals surface area (Å²) in [6.45, 7) is 9.44. The van der Waals surface area contributed by atoms with Crippen LogP contribution in [0.5, 0.6) is 0 Å². The highest BCUT2D eigenvalue weighted by atomic mass is 19.1. The third-order valence-corrected chi connectivity index (χ3v) is 3.44. The molecule has 0 fully saturated rings. The first-order valence-electron chi connectivity index (χ1n) is 7.22. The number of halogens is 2. The molecule has 1 aromatic carbocycles. The van der Waals surface area contributed by atoms with Gasteiger partial charge in [-0.25, -0.2) is 8.78 Å². The zero-order valence-electron chi connectivity index (χ0n) is 12.8. The van der Waals surface area contributed by atoms with Gasteiger partial charge >= 0.3 is 0 Å². The molecule has 0 saturated heterocycles. The highest BCUT2D eigenvalue weighted by Gasteiger charge is 2.30. The van der Waals surface area contributed by atoms with Crippen LogP contribution >= 0.6 is 0 Å². The molecule has 1 unspecified atom stereocenters. The summed E-state index contributed by atoms with van der Waals surface area (Å²) in [4.78, 5) is 0. The second-order valence-corrected chi connectivity index (χ2v) is 5.48. The summed E-state index contributed by atoms with van der Waals surface area (Å²) in [7, 11) is 0. The van der Waals surface area contributed by atoms with E-state index in [-0.39, 0.29) is 6.04 Å². The lowest BCUT2D eigenvalue weighted by molar-refractivity contribution is -0.0381. The first-order valence-corrected chi connectivity index (χ1v) is 7.22. The molecule has 0 bridgehead atoms. The van der Waals surface area contributed by atoms with Gasteiger partial charge in [0.2, 0.25) is 0 Å². The molecule has 4 heteroatoms. The van der Waals surface area contributed by atoms with Gasteiger partial charge in [0.15, 0.2) is 0 Å². The predicted molar refractivity (Wildman–Crippen MR) is 77.8 cm³/mol. The Morgan fingerprint density at radius 2 is 1.95 bits per heavy atom. The second kappa shape index (κ2) is 7.70. The molecule has 1 aromatic rings. The molecule has 0 radical (unpaired) electrons. The minimum Gasteiger partial charge on any atom is -0.374 e. The van der Waals surface area contributed by atoms with Crippen LogP contribution in [-0.4, -0.2) is 24.8 Å². The van der Waals surface area contributed by atoms with Crippen LogP contribution in [0.4, 0.5) is 8.78 Å². The third kappa shape index (κ3) is 4.84. The second-order valence-electron chi connectivity index (χ2n) is 5.48. The number of benzene rings is 1. The topological polar surface area (TPSA) is 21.3 Å². The summed E-state index contributed by atoms with van der Waals surface area (Å²) >= 11 is 0. The van der Waals surface area contributed by atoms with Crippen molar-refractivity contribution in [2.45, 2.75) is 52.2 Å². The Labute approximate surface area is 120 Å². The van der Waals surface area contributed by atoms with Crippen molar-refractivity contribution in [3.8, 4) is 0 Å². The number of nitrogens with one attached hydrogen (secondary N) is 1. The summed E-state index contributed by atoms with van der Waals surface area (Å²) in [5.41, 5.74) is 0.0952. The van der Waals surface area contributed by atoms with Crippen LogP contribution in [0.25, 0.3) is 0 Å². The molecule has 0 aromatic heterocycles. The van der Waals surface area contributed by atoms with E-state index in [1.165, 1.54) is 12.1 Å². The monoisotopic (exact) mass is 285 g/mol. The molecule has 0 aliphatic carbocycles. The summed E-state index contributed by atoms with van der Waals surface area (Å²) in [5.74, 6) is -1.05. The highest BCUT2D eigenvalue weighted by Crippen LogP contribution is 2.21. The van der Waals surface area contributed by atoms with Crippen LogP contribution in [0.15, 0.2) is 18.2 Å². The molecule has 0 aliphatic heterocycles. The quantitative estimate of drug-likeness (QED) is 0.786. The Kier molecular flexibility index (Phi) is 6.56. The van der Waals surface area contributed by atoms with Crippen LogP contribution in [0.2, 0.25) is 0 Å². The van der Waals surface area contributed by atoms with Crippen molar-refractivity contribution in [3.05, 3.63) is 35.4 Å². The first-order chi connectivity index (χ1) is 9.40. The van der Waals surface area contributed by atoms with Gasteiger partial charge in [0, 0.05) is 18.7 Å². The van der Waals surface area contributed by atoms with Gasteiger partial charge in [0.05, 0.1) is 5.60 Å². The smallest absolute Gasteiger partial charge is 0.129 e. The number of hydrogen-bond donors (Lipinski definition) is 1. The Morgan fingerprint density at radius 3 is 2.50 bits per heavy atom. The van der Waals surface area contributed by atoms with E-state index in [0.29, 0.717) is 18.6 Å². The number of hydrogen-bond acceptors (Lipinski definition) is 2. The van der Waals surface area contributed by atoms with E-state index in [1.54, 1.807) is 0 Å². The Morgan fingerprint density at radius 1 is 1.25 bits per heavy atom. The summed E-state index contributed by atoms with van der Waals surface area (Å²) < 4.78 is 32.5. The molecule has 0 saturated carbocycles. The first kappa shape index (κ1) is 17.1. The van der Waals surface area contributed by atoms with E-state index in [4.69, 9.17) is 4.74 Å². The summed E-state index contributed by atoms with van der Waals surface area (Å²) in [6.07, 6.45) is 1.46. The highest BCUT2D eigenvalue weighted by molar-refractivity contribution is 5.20. The molecule has 0 amide bonds. The molecular weight excluding hydrogens is 260 g/mol. The van der Waals surface area contributed by atoms with Gasteiger partial charge < -0.3 is 10.1 Å². The fraction of sp³-hybridized carbons (Fsp3) is 0.625. The average Bonchev–Trinajstić information content (AvgIpc) is 2.36. The van der Waals surface area contributed by atoms with Crippen LogP contribution in [-0.2, 0) is 11.2 Å². The van der Waals surface area contributed by atoms with Crippen LogP contribution in [0.3, 0.4) is 0 Å². The minimum atomic E-state index is -0.548. The molecule has 0 heterocycles. The summed E-state index contributed by atoms with van der Waals surface area (Å²) in [5, 5.41) is 3.40. The van der Waals surface area contributed by atoms with Crippen LogP contribution in [0.1, 0.15) is 39.7 Å². The maximum absolute atomic E-state index is 13.8. The Bertz CT molecular complexity index is 421. The van der Waals surface area contributed by atoms with Crippen LogP contribution in [0, 0.1) is 11.6 Å². The number of ether oxygens (including phenoxy) is 1. The van der Waals surface area contributed by atoms with Crippen molar-refractivity contribution in [3.63, 3.8) is 0 Å². The van der Waals surface area contributed by atoms with Crippen molar-refractivity contribution in [1.29, 1.82) is 0 Å². The molecule has 114 valence electrons. The van der Waals surface area contributed by atoms with Gasteiger partial charge in [-0.1, -0.05) is 13.0 Å². The van der Waals surface area contributed by atoms with Crippen molar-refractivity contribution in [1.82, 2.24) is 5.32 Å². The van der Waals surface area contributed by atoms with Crippen molar-refractivity contribution in [2.75, 3.05) is 13.2 Å². The average molecular weight is 285 g/mol. The van der Waals surface area contributed by atoms with Gasteiger partial charge in [-0.3, -0.25) is 0 Å². The van der Waals surface area contributed by atoms with E-state index in [2.05, 4.69) is 12.2 Å². The third-order valence-electron chi connectivity index (χ3n) is 3.44. The maximum atomic E-state index is 13.8. The van der Waals surface area contributed by atoms with Crippen molar-refractivity contribution < 1.29 is 13.5 Å². The van der Waals surface area contributed by atoms with Gasteiger partial charge in [-0.05, 0) is 51.8 Å². The standard InChI is InChI=1S/C16H25F2NO/c1-5-9-19-15(16(3,4)20-6-2)10-12-7-8-13(17)11-14(12)18/h7-8,11,15,19H,5-6,9-10H2,1-4H3. The van der Waals surface area contributed by atoms with Gasteiger partial charge in [0.25, 0.3) is 0 Å². The van der Waals surface area contributed by atoms with Crippen molar-refractivity contribution >= 4 is 0 Å². The fourth-order valence-corrected chi connectivity index (χ4v) is 2.26. The molecule has 2 nitrogen and oxygen atoms in total. The van der Waals surface area contributed by atoms with Gasteiger partial charge in [-0.2, -0.15) is 0 Å². The lowest BCUT2D eigenvalue weighted by Gasteiger charge is -2.35. The Balaban J connectivity index is 2.88. The maximum Gasteiger partial charge on any atom is 0.129 e. The Hall–Kier alpha value is -1.00. The molecule has 1 N–H and O–H groups in total. The van der Waals surface area contributed by atoms with Crippen LogP contribution < -0.4 is 5.32 Å². The zero-order chi connectivity index (χ0) is 15.2. The van der Waals surface area contributed by atoms with E-state index < -0.39 is 17.2 Å². The molecule has 1 atom stereocenters. The van der Waals surface area contributed by atoms with E-state index >= 15 is 0 Å². The van der Waals surface area contributed by atoms with Crippen molar-refractivity contribution in [2.24, 2.45) is 0 Å². The fourth-order valence-electron chi connectivity index (χ4n) is 2.26. The van der Waals surface area contributed by atoms with E-state index in [0.717, 1.165) is 19.0 Å². The zero-order valence-corrected chi connectivity index (χ0v) is 12.8. The lowest BCUT2D eigenvalue weighted by atomic mass is 9.91. The minimum absolute atomic E-state index is 0.0256. The molecule has 0 spiro atoms. The summed E-state index contributed by atoms with van der Waals surface area (Å²) in [6, 6.07) is 3.71. The van der Waals surface area contributed by atoms with E-state index in [9.17, 15) is 8.78 Å². The van der Waals surface area contributed by atoms with Gasteiger partial charge in [0.1, 0.15) is 11.6 Å². The lowest BCUT2D eigenvalue weighted by Crippen LogP contribution is -2.50. The van der Waals surface area contributed by atoms with Gasteiger partial charge in [-0.15, -0.1) is 0 Å². The number of rotatable bonds is 8. The molecule has 20 heavy (non-hydrogen) atoms. The molecular formula is C16H25F2NO. The van der Waals surface area contributed by atoms with E-state index in [1.807, 2.05) is 20.8 Å². The predicted octanol–water partition coefficient (Wildman–Crippen LogP) is 3.69. The molecule has 1 rings (SSSR count). The molecule has 0 aliphatic rings. The SMILES string of the molecule is CCCNC(Cc1ccc(F)cc1F)C(C)(C)OCC.